The molecule has 0 bridgehead atoms. The summed E-state index contributed by atoms with van der Waals surface area (Å²) in [6.07, 6.45) is 1.89. The number of H-pyrrole nitrogens is 2. The fourth-order valence-electron chi connectivity index (χ4n) is 5.33. The Hall–Kier alpha value is -6.06. The number of aromatic nitrogens is 3. The number of guanidine groups is 1. The molecule has 7 atom stereocenters. The highest BCUT2D eigenvalue weighted by molar-refractivity contribution is 5.95. The maximum Gasteiger partial charge on any atom is 0.328 e. The van der Waals surface area contributed by atoms with Crippen molar-refractivity contribution >= 4 is 52.4 Å². The summed E-state index contributed by atoms with van der Waals surface area (Å²) in [5.74, 6) is -6.02. The number of benzene rings is 1. The first-order chi connectivity index (χ1) is 25.6. The maximum atomic E-state index is 13.7. The van der Waals surface area contributed by atoms with Gasteiger partial charge in [-0.25, -0.2) is 9.78 Å². The Morgan fingerprint density at radius 3 is 2.17 bits per heavy atom. The molecule has 21 heteroatoms. The van der Waals surface area contributed by atoms with Gasteiger partial charge in [0.25, 0.3) is 0 Å². The minimum atomic E-state index is -1.73. The molecule has 3 aromatic rings. The van der Waals surface area contributed by atoms with Gasteiger partial charge in [0.2, 0.25) is 29.5 Å². The summed E-state index contributed by atoms with van der Waals surface area (Å²) in [5, 5.41) is 41.8. The number of nitrogens with one attached hydrogen (secondary N) is 7. The van der Waals surface area contributed by atoms with E-state index in [4.69, 9.17) is 17.2 Å². The van der Waals surface area contributed by atoms with Crippen LogP contribution >= 0.6 is 0 Å². The van der Waals surface area contributed by atoms with Crippen LogP contribution in [-0.2, 0) is 41.6 Å². The quantitative estimate of drug-likeness (QED) is 0.0280. The lowest BCUT2D eigenvalue weighted by atomic mass is 10.0. The number of imidazole rings is 1. The van der Waals surface area contributed by atoms with Gasteiger partial charge in [0.1, 0.15) is 18.1 Å². The van der Waals surface area contributed by atoms with Crippen LogP contribution in [0, 0.1) is 0 Å². The van der Waals surface area contributed by atoms with E-state index < -0.39 is 84.5 Å². The zero-order valence-corrected chi connectivity index (χ0v) is 29.7. The van der Waals surface area contributed by atoms with E-state index in [0.717, 1.165) is 30.3 Å². The Labute approximate surface area is 309 Å². The molecule has 1 aromatic carbocycles. The monoisotopic (exact) mass is 756 g/mol. The number of nitrogens with zero attached hydrogens (tertiary/aromatic N) is 2. The van der Waals surface area contributed by atoms with E-state index in [9.17, 15) is 44.1 Å². The minimum absolute atomic E-state index is 0.0185. The zero-order chi connectivity index (χ0) is 39.9. The molecule has 0 saturated heterocycles. The summed E-state index contributed by atoms with van der Waals surface area (Å²) < 4.78 is 0. The topological polar surface area (TPSA) is 358 Å². The van der Waals surface area contributed by atoms with Crippen molar-refractivity contribution in [2.24, 2.45) is 22.2 Å². The third kappa shape index (κ3) is 12.9. The number of aromatic amines is 2. The van der Waals surface area contributed by atoms with Crippen molar-refractivity contribution in [2.75, 3.05) is 13.1 Å². The predicted molar refractivity (Wildman–Crippen MR) is 194 cm³/mol. The van der Waals surface area contributed by atoms with Crippen molar-refractivity contribution in [1.82, 2.24) is 41.5 Å². The molecule has 0 aliphatic rings. The van der Waals surface area contributed by atoms with E-state index in [-0.39, 0.29) is 38.2 Å². The van der Waals surface area contributed by atoms with Crippen LogP contribution < -0.4 is 43.8 Å². The molecule has 0 saturated carbocycles. The highest BCUT2D eigenvalue weighted by Crippen LogP contribution is 2.19. The fraction of sp³-hybridized carbons (Fsp3) is 0.455. The molecule has 0 aliphatic heterocycles. The van der Waals surface area contributed by atoms with E-state index in [2.05, 4.69) is 41.2 Å². The van der Waals surface area contributed by atoms with Gasteiger partial charge in [-0.3, -0.25) is 29.0 Å². The number of fused-ring (bicyclic) bond motifs is 1. The van der Waals surface area contributed by atoms with E-state index in [1.807, 2.05) is 29.6 Å². The summed E-state index contributed by atoms with van der Waals surface area (Å²) in [6, 6.07) is 0.560. The van der Waals surface area contributed by atoms with Crippen molar-refractivity contribution in [3.63, 3.8) is 0 Å². The number of rotatable bonds is 21. The predicted octanol–water partition coefficient (Wildman–Crippen LogP) is -4.04. The van der Waals surface area contributed by atoms with Crippen molar-refractivity contribution < 1.29 is 44.1 Å². The number of hydrogen-bond acceptors (Lipinski definition) is 11. The van der Waals surface area contributed by atoms with Crippen LogP contribution in [-0.4, -0.2) is 127 Å². The first-order valence-corrected chi connectivity index (χ1v) is 17.0. The summed E-state index contributed by atoms with van der Waals surface area (Å²) in [5.41, 5.74) is 19.2. The number of nitrogens with two attached hydrogens (primary N) is 3. The third-order valence-electron chi connectivity index (χ3n) is 8.19. The van der Waals surface area contributed by atoms with Crippen molar-refractivity contribution in [1.29, 1.82) is 0 Å². The first-order valence-electron chi connectivity index (χ1n) is 17.0. The van der Waals surface area contributed by atoms with E-state index >= 15 is 0 Å². The van der Waals surface area contributed by atoms with Crippen LogP contribution in [0.2, 0.25) is 0 Å². The van der Waals surface area contributed by atoms with Crippen LogP contribution in [0.15, 0.2) is 48.0 Å². The number of amides is 5. The molecule has 0 spiro atoms. The Morgan fingerprint density at radius 1 is 0.852 bits per heavy atom. The second-order valence-electron chi connectivity index (χ2n) is 12.6. The number of hydrogen-bond donors (Lipinski definition) is 13. The number of para-hydroxylation sites is 1. The highest BCUT2D eigenvalue weighted by atomic mass is 16.4. The lowest BCUT2D eigenvalue weighted by Gasteiger charge is -2.25. The zero-order valence-electron chi connectivity index (χ0n) is 29.7. The number of aliphatic carboxylic acids is 1. The molecule has 2 heterocycles. The number of aliphatic hydroxyl groups excluding tert-OH is 2. The molecule has 0 unspecified atom stereocenters. The van der Waals surface area contributed by atoms with Crippen LogP contribution in [0.25, 0.3) is 10.9 Å². The third-order valence-corrected chi connectivity index (χ3v) is 8.19. The van der Waals surface area contributed by atoms with Crippen LogP contribution in [0.3, 0.4) is 0 Å². The Balaban J connectivity index is 1.71. The second kappa shape index (κ2) is 20.3. The summed E-state index contributed by atoms with van der Waals surface area (Å²) in [6.45, 7) is 1.66. The van der Waals surface area contributed by atoms with Crippen molar-refractivity contribution in [2.45, 2.75) is 81.9 Å². The molecular formula is C33H48N12O9. The Morgan fingerprint density at radius 2 is 1.54 bits per heavy atom. The highest BCUT2D eigenvalue weighted by Gasteiger charge is 2.33. The van der Waals surface area contributed by atoms with Gasteiger partial charge in [-0.1, -0.05) is 18.2 Å². The largest absolute Gasteiger partial charge is 0.480 e. The summed E-state index contributed by atoms with van der Waals surface area (Å²) in [7, 11) is 0. The molecule has 54 heavy (non-hydrogen) atoms. The van der Waals surface area contributed by atoms with Crippen LogP contribution in [0.1, 0.15) is 37.9 Å². The Bertz CT molecular complexity index is 1770. The van der Waals surface area contributed by atoms with Gasteiger partial charge in [-0.2, -0.15) is 0 Å². The molecule has 5 amide bonds. The first kappa shape index (κ1) is 42.4. The molecule has 21 nitrogen and oxygen atoms in total. The average molecular weight is 757 g/mol. The summed E-state index contributed by atoms with van der Waals surface area (Å²) in [4.78, 5) is 91.1. The molecule has 0 radical (unpaired) electrons. The normalized spacial score (nSPS) is 15.0. The number of aliphatic hydroxyl groups is 2. The molecule has 16 N–H and O–H groups in total. The van der Waals surface area contributed by atoms with E-state index in [1.54, 1.807) is 6.20 Å². The summed E-state index contributed by atoms with van der Waals surface area (Å²) >= 11 is 0. The number of carboxylic acids is 1. The number of aliphatic imine (C=N–C) groups is 1. The Kier molecular flexibility index (Phi) is 15.9. The van der Waals surface area contributed by atoms with Crippen LogP contribution in [0.4, 0.5) is 0 Å². The van der Waals surface area contributed by atoms with E-state index in [1.165, 1.54) is 12.5 Å². The van der Waals surface area contributed by atoms with Crippen LogP contribution in [0.5, 0.6) is 0 Å². The number of carboxylic acid groups (broad SMARTS) is 1. The SMILES string of the molecule is C[C@@H](O)[C@H](NC(=O)[C@@H](NC(=O)CNC(=O)[C@H](CCCN=C(N)N)NC(=O)[C@H](Cc1cnc[nH]1)NC(=O)[C@@H](N)Cc1c[nH]c2ccccc12)[C@@H](C)O)C(=O)O. The lowest BCUT2D eigenvalue weighted by molar-refractivity contribution is -0.145. The molecular weight excluding hydrogens is 708 g/mol. The second-order valence-corrected chi connectivity index (χ2v) is 12.6. The van der Waals surface area contributed by atoms with Gasteiger partial charge in [0.15, 0.2) is 12.0 Å². The van der Waals surface area contributed by atoms with Gasteiger partial charge in [-0.15, -0.1) is 0 Å². The molecule has 2 aromatic heterocycles. The maximum absolute atomic E-state index is 13.7. The van der Waals surface area contributed by atoms with Gasteiger partial charge < -0.3 is 69.1 Å². The smallest absolute Gasteiger partial charge is 0.328 e. The van der Waals surface area contributed by atoms with Gasteiger partial charge >= 0.3 is 5.97 Å². The van der Waals surface area contributed by atoms with Gasteiger partial charge in [-0.05, 0) is 44.7 Å². The molecule has 0 aliphatic carbocycles. The van der Waals surface area contributed by atoms with Gasteiger partial charge in [0, 0.05) is 42.0 Å². The molecule has 3 rings (SSSR count). The molecule has 0 fully saturated rings. The average Bonchev–Trinajstić information content (AvgIpc) is 3.78. The number of carbonyl (C=O) groups is 6. The lowest BCUT2D eigenvalue weighted by Crippen LogP contribution is -2.59. The van der Waals surface area contributed by atoms with Crippen molar-refractivity contribution in [3.05, 3.63) is 54.2 Å². The van der Waals surface area contributed by atoms with Gasteiger partial charge in [0.05, 0.1) is 31.1 Å². The van der Waals surface area contributed by atoms with Crippen molar-refractivity contribution in [3.8, 4) is 0 Å². The number of carbonyl (C=O) groups excluding carboxylic acids is 5. The molecule has 294 valence electrons. The fourth-order valence-corrected chi connectivity index (χ4v) is 5.33. The minimum Gasteiger partial charge on any atom is -0.480 e. The van der Waals surface area contributed by atoms with E-state index in [0.29, 0.717) is 5.69 Å². The standard InChI is InChI=1S/C33H48N12O9/c1-16(46)26(31(52)45-27(17(2)47)32(53)54)44-25(48)14-40-29(50)23(8-5-9-38-33(35)36)42-30(51)24(11-19-13-37-15-41-19)43-28(49)21(34)10-18-12-39-22-7-4-3-6-20(18)22/h3-4,6-7,12-13,15-17,21,23-24,26-27,39,46-47H,5,8-11,14,34H2,1-2H3,(H,37,41)(H,40,50)(H,42,51)(H,43,49)(H,44,48)(H,45,52)(H,53,54)(H4,35,36,38)/t16-,17-,21+,23+,24+,26+,27+/m1/s1.